The molecular formula is C27H35FN2O3. The monoisotopic (exact) mass is 454 g/mol. The van der Waals surface area contributed by atoms with Crippen molar-refractivity contribution < 1.29 is 19.1 Å². The molecule has 0 spiro atoms. The first kappa shape index (κ1) is 24.7. The molecular weight excluding hydrogens is 419 g/mol. The second kappa shape index (κ2) is 9.16. The highest BCUT2D eigenvalue weighted by molar-refractivity contribution is 5.95. The molecule has 1 aliphatic heterocycles. The highest BCUT2D eigenvalue weighted by Crippen LogP contribution is 2.51. The third-order valence-corrected chi connectivity index (χ3v) is 7.23. The molecule has 178 valence electrons. The molecule has 2 aromatic carbocycles. The average Bonchev–Trinajstić information content (AvgIpc) is 2.75. The van der Waals surface area contributed by atoms with E-state index in [4.69, 9.17) is 0 Å². The number of hydrogen-bond acceptors (Lipinski definition) is 3. The van der Waals surface area contributed by atoms with E-state index in [0.29, 0.717) is 25.1 Å². The van der Waals surface area contributed by atoms with Gasteiger partial charge in [0, 0.05) is 36.0 Å². The maximum atomic E-state index is 13.7. The molecule has 1 unspecified atom stereocenters. The van der Waals surface area contributed by atoms with Crippen LogP contribution in [0.5, 0.6) is 5.75 Å². The molecule has 0 saturated carbocycles. The van der Waals surface area contributed by atoms with Crippen molar-refractivity contribution in [2.45, 2.75) is 64.8 Å². The molecule has 1 heterocycles. The van der Waals surface area contributed by atoms with Gasteiger partial charge in [-0.3, -0.25) is 9.59 Å². The first-order chi connectivity index (χ1) is 15.4. The number of carbonyl (C=O) groups excluding carboxylic acids is 2. The zero-order valence-corrected chi connectivity index (χ0v) is 20.2. The van der Waals surface area contributed by atoms with E-state index in [2.05, 4.69) is 26.1 Å². The van der Waals surface area contributed by atoms with Crippen molar-refractivity contribution >= 4 is 11.8 Å². The number of phenolic OH excluding ortho intramolecular Hbond substituents is 1. The third kappa shape index (κ3) is 5.05. The zero-order chi connectivity index (χ0) is 24.4. The standard InChI is InChI=1S/C27H35FN2O3/c1-6-27(20-12-13-21(28)22(31)16-20)14-15-30(18-25(27,2)3)23(32)17-26(4,5)29-24(33)19-10-8-7-9-11-19/h7-13,16,31H,6,14-15,17-18H2,1-5H3,(H,29,33). The molecule has 2 aromatic rings. The lowest BCUT2D eigenvalue weighted by Crippen LogP contribution is -2.57. The van der Waals surface area contributed by atoms with E-state index in [-0.39, 0.29) is 34.8 Å². The minimum absolute atomic E-state index is 0.00640. The molecule has 2 N–H and O–H groups in total. The minimum Gasteiger partial charge on any atom is -0.505 e. The number of likely N-dealkylation sites (tertiary alicyclic amines) is 1. The van der Waals surface area contributed by atoms with Gasteiger partial charge in [-0.05, 0) is 61.9 Å². The fourth-order valence-electron chi connectivity index (χ4n) is 5.29. The summed E-state index contributed by atoms with van der Waals surface area (Å²) in [5.41, 5.74) is 0.184. The second-order valence-electron chi connectivity index (χ2n) is 10.4. The number of benzene rings is 2. The summed E-state index contributed by atoms with van der Waals surface area (Å²) < 4.78 is 13.7. The minimum atomic E-state index is -0.698. The predicted molar refractivity (Wildman–Crippen MR) is 128 cm³/mol. The van der Waals surface area contributed by atoms with Gasteiger partial charge in [-0.15, -0.1) is 0 Å². The molecule has 1 fully saturated rings. The molecule has 0 radical (unpaired) electrons. The van der Waals surface area contributed by atoms with Crippen LogP contribution in [0.4, 0.5) is 4.39 Å². The van der Waals surface area contributed by atoms with Crippen LogP contribution in [0.15, 0.2) is 48.5 Å². The first-order valence-electron chi connectivity index (χ1n) is 11.6. The van der Waals surface area contributed by atoms with Gasteiger partial charge >= 0.3 is 0 Å². The zero-order valence-electron chi connectivity index (χ0n) is 20.2. The summed E-state index contributed by atoms with van der Waals surface area (Å²) in [4.78, 5) is 27.7. The van der Waals surface area contributed by atoms with Crippen molar-refractivity contribution in [3.05, 3.63) is 65.5 Å². The van der Waals surface area contributed by atoms with Gasteiger partial charge in [0.2, 0.25) is 5.91 Å². The lowest BCUT2D eigenvalue weighted by Gasteiger charge is -2.54. The second-order valence-corrected chi connectivity index (χ2v) is 10.4. The lowest BCUT2D eigenvalue weighted by molar-refractivity contribution is -0.138. The molecule has 0 aliphatic carbocycles. The van der Waals surface area contributed by atoms with Crippen molar-refractivity contribution in [2.24, 2.45) is 5.41 Å². The number of aromatic hydroxyl groups is 1. The normalized spacial score (nSPS) is 20.4. The van der Waals surface area contributed by atoms with Crippen LogP contribution >= 0.6 is 0 Å². The summed E-state index contributed by atoms with van der Waals surface area (Å²) in [6.45, 7) is 11.2. The van der Waals surface area contributed by atoms with Crippen LogP contribution < -0.4 is 5.32 Å². The molecule has 1 atom stereocenters. The third-order valence-electron chi connectivity index (χ3n) is 7.23. The molecule has 6 heteroatoms. The molecule has 1 aliphatic rings. The van der Waals surface area contributed by atoms with Crippen LogP contribution in [-0.4, -0.2) is 40.4 Å². The Labute approximate surface area is 196 Å². The van der Waals surface area contributed by atoms with E-state index in [9.17, 15) is 19.1 Å². The van der Waals surface area contributed by atoms with E-state index in [1.807, 2.05) is 36.9 Å². The van der Waals surface area contributed by atoms with Gasteiger partial charge in [0.25, 0.3) is 5.91 Å². The summed E-state index contributed by atoms with van der Waals surface area (Å²) in [6.07, 6.45) is 1.72. The Morgan fingerprint density at radius 2 is 1.82 bits per heavy atom. The van der Waals surface area contributed by atoms with Crippen molar-refractivity contribution in [1.82, 2.24) is 10.2 Å². The van der Waals surface area contributed by atoms with Crippen molar-refractivity contribution in [1.29, 1.82) is 0 Å². The summed E-state index contributed by atoms with van der Waals surface area (Å²) in [6, 6.07) is 13.6. The summed E-state index contributed by atoms with van der Waals surface area (Å²) in [7, 11) is 0. The van der Waals surface area contributed by atoms with E-state index in [1.165, 1.54) is 12.1 Å². The Morgan fingerprint density at radius 1 is 1.15 bits per heavy atom. The van der Waals surface area contributed by atoms with E-state index >= 15 is 0 Å². The van der Waals surface area contributed by atoms with Crippen LogP contribution in [0.2, 0.25) is 0 Å². The predicted octanol–water partition coefficient (Wildman–Crippen LogP) is 5.04. The van der Waals surface area contributed by atoms with E-state index < -0.39 is 11.4 Å². The van der Waals surface area contributed by atoms with Crippen LogP contribution in [0.1, 0.15) is 69.8 Å². The Hall–Kier alpha value is -2.89. The highest BCUT2D eigenvalue weighted by atomic mass is 19.1. The van der Waals surface area contributed by atoms with Crippen molar-refractivity contribution in [3.8, 4) is 5.75 Å². The SMILES string of the molecule is CCC1(c2ccc(F)c(O)c2)CCN(C(=O)CC(C)(C)NC(=O)c2ccccc2)CC1(C)C. The molecule has 33 heavy (non-hydrogen) atoms. The number of nitrogens with zero attached hydrogens (tertiary/aromatic N) is 1. The number of amides is 2. The lowest BCUT2D eigenvalue weighted by atomic mass is 9.56. The van der Waals surface area contributed by atoms with Gasteiger partial charge in [-0.25, -0.2) is 4.39 Å². The van der Waals surface area contributed by atoms with Gasteiger partial charge < -0.3 is 15.3 Å². The molecule has 0 bridgehead atoms. The van der Waals surface area contributed by atoms with Gasteiger partial charge in [-0.2, -0.15) is 0 Å². The summed E-state index contributed by atoms with van der Waals surface area (Å²) in [5.74, 6) is -1.18. The van der Waals surface area contributed by atoms with E-state index in [0.717, 1.165) is 12.0 Å². The molecule has 0 aromatic heterocycles. The number of rotatable bonds is 6. The maximum absolute atomic E-state index is 13.7. The van der Waals surface area contributed by atoms with Crippen LogP contribution in [0.3, 0.4) is 0 Å². The number of hydrogen-bond donors (Lipinski definition) is 2. The Morgan fingerprint density at radius 3 is 2.39 bits per heavy atom. The summed E-state index contributed by atoms with van der Waals surface area (Å²) in [5, 5.41) is 12.9. The van der Waals surface area contributed by atoms with Gasteiger partial charge in [0.1, 0.15) is 0 Å². The number of piperidine rings is 1. The average molecular weight is 455 g/mol. The molecule has 1 saturated heterocycles. The van der Waals surface area contributed by atoms with Crippen LogP contribution in [-0.2, 0) is 10.2 Å². The molecule has 5 nitrogen and oxygen atoms in total. The Balaban J connectivity index is 1.72. The number of carbonyl (C=O) groups is 2. The number of phenols is 1. The maximum Gasteiger partial charge on any atom is 0.251 e. The Bertz CT molecular complexity index is 1020. The fourth-order valence-corrected chi connectivity index (χ4v) is 5.29. The quantitative estimate of drug-likeness (QED) is 0.643. The van der Waals surface area contributed by atoms with Gasteiger partial charge in [0.15, 0.2) is 11.6 Å². The first-order valence-corrected chi connectivity index (χ1v) is 11.6. The van der Waals surface area contributed by atoms with Crippen LogP contribution in [0, 0.1) is 11.2 Å². The number of halogens is 1. The smallest absolute Gasteiger partial charge is 0.251 e. The largest absolute Gasteiger partial charge is 0.505 e. The van der Waals surface area contributed by atoms with Gasteiger partial charge in [-0.1, -0.05) is 45.0 Å². The molecule has 3 rings (SSSR count). The van der Waals surface area contributed by atoms with Gasteiger partial charge in [0.05, 0.1) is 0 Å². The number of nitrogens with one attached hydrogen (secondary N) is 1. The van der Waals surface area contributed by atoms with Crippen LogP contribution in [0.25, 0.3) is 0 Å². The fraction of sp³-hybridized carbons (Fsp3) is 0.481. The van der Waals surface area contributed by atoms with Crippen molar-refractivity contribution in [2.75, 3.05) is 13.1 Å². The molecule has 2 amide bonds. The Kier molecular flexibility index (Phi) is 6.87. The topological polar surface area (TPSA) is 69.6 Å². The highest BCUT2D eigenvalue weighted by Gasteiger charge is 2.49. The summed E-state index contributed by atoms with van der Waals surface area (Å²) >= 11 is 0. The van der Waals surface area contributed by atoms with Crippen molar-refractivity contribution in [3.63, 3.8) is 0 Å². The van der Waals surface area contributed by atoms with E-state index in [1.54, 1.807) is 18.2 Å².